The van der Waals surface area contributed by atoms with Gasteiger partial charge in [0.2, 0.25) is 5.91 Å². The largest absolute Gasteiger partial charge is 0.494 e. The molecule has 2 aromatic rings. The van der Waals surface area contributed by atoms with Crippen LogP contribution in [0.2, 0.25) is 5.02 Å². The van der Waals surface area contributed by atoms with Gasteiger partial charge in [-0.3, -0.25) is 19.6 Å². The van der Waals surface area contributed by atoms with E-state index in [4.69, 9.17) is 16.3 Å². The van der Waals surface area contributed by atoms with Crippen molar-refractivity contribution in [2.24, 2.45) is 0 Å². The first-order chi connectivity index (χ1) is 11.8. The number of hydrogen-bond donors (Lipinski definition) is 1. The van der Waals surface area contributed by atoms with Gasteiger partial charge in [-0.1, -0.05) is 11.6 Å². The summed E-state index contributed by atoms with van der Waals surface area (Å²) in [7, 11) is 0. The van der Waals surface area contributed by atoms with E-state index >= 15 is 0 Å². The molecule has 0 fully saturated rings. The van der Waals surface area contributed by atoms with Crippen LogP contribution < -0.4 is 10.1 Å². The number of amides is 1. The molecule has 2 rings (SSSR count). The van der Waals surface area contributed by atoms with Crippen LogP contribution in [0.25, 0.3) is 0 Å². The highest BCUT2D eigenvalue weighted by Gasteiger charge is 2.18. The summed E-state index contributed by atoms with van der Waals surface area (Å²) in [4.78, 5) is 22.8. The number of aryl methyl sites for hydroxylation is 2. The Balaban J connectivity index is 2.07. The summed E-state index contributed by atoms with van der Waals surface area (Å²) in [5.41, 5.74) is 1.39. The first kappa shape index (κ1) is 18.7. The van der Waals surface area contributed by atoms with E-state index in [1.54, 1.807) is 24.6 Å². The van der Waals surface area contributed by atoms with Crippen LogP contribution in [0.1, 0.15) is 24.7 Å². The molecule has 1 N–H and O–H groups in total. The molecule has 134 valence electrons. The highest BCUT2D eigenvalue weighted by molar-refractivity contribution is 6.31. The maximum atomic E-state index is 12.1. The molecule has 0 saturated heterocycles. The van der Waals surface area contributed by atoms with Gasteiger partial charge >= 0.3 is 0 Å². The highest BCUT2D eigenvalue weighted by Crippen LogP contribution is 2.29. The summed E-state index contributed by atoms with van der Waals surface area (Å²) in [6, 6.07) is 4.33. The lowest BCUT2D eigenvalue weighted by Crippen LogP contribution is -2.16. The van der Waals surface area contributed by atoms with Crippen molar-refractivity contribution in [2.75, 3.05) is 11.9 Å². The van der Waals surface area contributed by atoms with Gasteiger partial charge in [-0.2, -0.15) is 5.10 Å². The van der Waals surface area contributed by atoms with Crippen molar-refractivity contribution in [3.05, 3.63) is 44.7 Å². The SMILES string of the molecule is CCOc1ccc(NC(=O)CCn2nc(C)c(Cl)c2C)c([N+](=O)[O-])c1. The lowest BCUT2D eigenvalue weighted by Gasteiger charge is -2.09. The van der Waals surface area contributed by atoms with Gasteiger partial charge in [0.05, 0.1) is 40.6 Å². The minimum atomic E-state index is -0.557. The fraction of sp³-hybridized carbons (Fsp3) is 0.375. The van der Waals surface area contributed by atoms with Crippen LogP contribution in [0, 0.1) is 24.0 Å². The molecule has 0 aliphatic rings. The molecule has 0 radical (unpaired) electrons. The number of aromatic nitrogens is 2. The number of rotatable bonds is 7. The summed E-state index contributed by atoms with van der Waals surface area (Å²) in [6.07, 6.45) is 0.114. The van der Waals surface area contributed by atoms with Crippen LogP contribution in [0.3, 0.4) is 0 Å². The van der Waals surface area contributed by atoms with Gasteiger partial charge in [-0.25, -0.2) is 0 Å². The number of ether oxygens (including phenoxy) is 1. The maximum absolute atomic E-state index is 12.1. The van der Waals surface area contributed by atoms with Gasteiger partial charge in [-0.05, 0) is 32.9 Å². The second-order valence-corrected chi connectivity index (χ2v) is 5.75. The summed E-state index contributed by atoms with van der Waals surface area (Å²) in [5.74, 6) is 0.0282. The lowest BCUT2D eigenvalue weighted by atomic mass is 10.2. The summed E-state index contributed by atoms with van der Waals surface area (Å²) in [6.45, 7) is 6.11. The monoisotopic (exact) mass is 366 g/mol. The molecule has 0 atom stereocenters. The van der Waals surface area contributed by atoms with Crippen LogP contribution in [-0.4, -0.2) is 27.2 Å². The van der Waals surface area contributed by atoms with Crippen molar-refractivity contribution >= 4 is 28.9 Å². The Bertz CT molecular complexity index is 804. The molecule has 0 aliphatic carbocycles. The number of carbonyl (C=O) groups is 1. The van der Waals surface area contributed by atoms with E-state index in [0.29, 0.717) is 29.6 Å². The van der Waals surface area contributed by atoms with Crippen molar-refractivity contribution in [2.45, 2.75) is 33.7 Å². The fourth-order valence-electron chi connectivity index (χ4n) is 2.34. The molecule has 1 aromatic heterocycles. The molecule has 25 heavy (non-hydrogen) atoms. The van der Waals surface area contributed by atoms with E-state index in [1.807, 2.05) is 6.92 Å². The first-order valence-electron chi connectivity index (χ1n) is 7.74. The van der Waals surface area contributed by atoms with Crippen LogP contribution in [0.4, 0.5) is 11.4 Å². The molecule has 0 saturated carbocycles. The Hall–Kier alpha value is -2.61. The number of anilines is 1. The number of nitrogens with zero attached hydrogens (tertiary/aromatic N) is 3. The fourth-order valence-corrected chi connectivity index (χ4v) is 2.47. The maximum Gasteiger partial charge on any atom is 0.296 e. The molecule has 1 aromatic carbocycles. The quantitative estimate of drug-likeness (QED) is 0.597. The Morgan fingerprint density at radius 2 is 2.16 bits per heavy atom. The Morgan fingerprint density at radius 1 is 1.44 bits per heavy atom. The summed E-state index contributed by atoms with van der Waals surface area (Å²) in [5, 5.41) is 18.6. The minimum Gasteiger partial charge on any atom is -0.494 e. The first-order valence-corrected chi connectivity index (χ1v) is 8.11. The Labute approximate surface area is 149 Å². The molecule has 9 heteroatoms. The zero-order valence-electron chi connectivity index (χ0n) is 14.2. The Kier molecular flexibility index (Phi) is 5.97. The highest BCUT2D eigenvalue weighted by atomic mass is 35.5. The number of halogens is 1. The molecular formula is C16H19ClN4O4. The predicted molar refractivity (Wildman–Crippen MR) is 94.2 cm³/mol. The topological polar surface area (TPSA) is 99.3 Å². The number of benzene rings is 1. The van der Waals surface area contributed by atoms with Crippen molar-refractivity contribution in [3.8, 4) is 5.75 Å². The van der Waals surface area contributed by atoms with E-state index in [-0.39, 0.29) is 23.7 Å². The normalized spacial score (nSPS) is 10.6. The molecule has 1 heterocycles. The number of nitro benzene ring substituents is 1. The van der Waals surface area contributed by atoms with Crippen molar-refractivity contribution < 1.29 is 14.5 Å². The number of hydrogen-bond acceptors (Lipinski definition) is 5. The molecule has 0 aliphatic heterocycles. The number of nitro groups is 1. The molecule has 0 spiro atoms. The van der Waals surface area contributed by atoms with Crippen LogP contribution in [0.5, 0.6) is 5.75 Å². The average Bonchev–Trinajstić information content (AvgIpc) is 2.81. The molecule has 0 unspecified atom stereocenters. The predicted octanol–water partition coefficient (Wildman–Crippen LogP) is 3.49. The number of nitrogens with one attached hydrogen (secondary N) is 1. The van der Waals surface area contributed by atoms with Crippen LogP contribution in [-0.2, 0) is 11.3 Å². The van der Waals surface area contributed by atoms with Crippen molar-refractivity contribution in [1.82, 2.24) is 9.78 Å². The molecule has 8 nitrogen and oxygen atoms in total. The van der Waals surface area contributed by atoms with E-state index in [9.17, 15) is 14.9 Å². The third-order valence-corrected chi connectivity index (χ3v) is 4.14. The zero-order valence-corrected chi connectivity index (χ0v) is 15.0. The molecule has 0 bridgehead atoms. The standard InChI is InChI=1S/C16H19ClN4O4/c1-4-25-12-5-6-13(14(9-12)21(23)24)18-15(22)7-8-20-11(3)16(17)10(2)19-20/h5-6,9H,4,7-8H2,1-3H3,(H,18,22). The van der Waals surface area contributed by atoms with Crippen molar-refractivity contribution in [1.29, 1.82) is 0 Å². The van der Waals surface area contributed by atoms with Gasteiger partial charge in [0.25, 0.3) is 5.69 Å². The summed E-state index contributed by atoms with van der Waals surface area (Å²) < 4.78 is 6.89. The van der Waals surface area contributed by atoms with E-state index in [0.717, 1.165) is 5.69 Å². The lowest BCUT2D eigenvalue weighted by molar-refractivity contribution is -0.384. The molecule has 1 amide bonds. The number of carbonyl (C=O) groups excluding carboxylic acids is 1. The third kappa shape index (κ3) is 4.48. The summed E-state index contributed by atoms with van der Waals surface area (Å²) >= 11 is 6.07. The van der Waals surface area contributed by atoms with Gasteiger partial charge in [0, 0.05) is 6.42 Å². The van der Waals surface area contributed by atoms with E-state index in [1.165, 1.54) is 12.1 Å². The van der Waals surface area contributed by atoms with Gasteiger partial charge < -0.3 is 10.1 Å². The molecular weight excluding hydrogens is 348 g/mol. The van der Waals surface area contributed by atoms with Gasteiger partial charge in [0.15, 0.2) is 0 Å². The van der Waals surface area contributed by atoms with Gasteiger partial charge in [0.1, 0.15) is 11.4 Å². The third-order valence-electron chi connectivity index (χ3n) is 3.59. The van der Waals surface area contributed by atoms with E-state index in [2.05, 4.69) is 10.4 Å². The second-order valence-electron chi connectivity index (χ2n) is 5.38. The zero-order chi connectivity index (χ0) is 18.6. The van der Waals surface area contributed by atoms with E-state index < -0.39 is 4.92 Å². The average molecular weight is 367 g/mol. The smallest absolute Gasteiger partial charge is 0.296 e. The Morgan fingerprint density at radius 3 is 2.72 bits per heavy atom. The van der Waals surface area contributed by atoms with Crippen LogP contribution >= 0.6 is 11.6 Å². The second kappa shape index (κ2) is 7.98. The van der Waals surface area contributed by atoms with Crippen LogP contribution in [0.15, 0.2) is 18.2 Å². The van der Waals surface area contributed by atoms with Crippen molar-refractivity contribution in [3.63, 3.8) is 0 Å². The van der Waals surface area contributed by atoms with Gasteiger partial charge in [-0.15, -0.1) is 0 Å². The minimum absolute atomic E-state index is 0.114.